The zero-order valence-corrected chi connectivity index (χ0v) is 17.2. The van der Waals surface area contributed by atoms with Gasteiger partial charge >= 0.3 is 11.9 Å². The number of imidazole rings is 1. The molecule has 3 aromatic rings. The minimum Gasteiger partial charge on any atom is -0.507 e. The summed E-state index contributed by atoms with van der Waals surface area (Å²) in [6.07, 6.45) is 0.528. The SMILES string of the molecule is Cc1cc(C(=O)OC[C@H]2O[C@@H](n3cnc4c(N)ncnc43)C[C@@H]2O)c(C(=O)O)c(C)c1O. The van der Waals surface area contributed by atoms with Crippen molar-refractivity contribution >= 4 is 28.9 Å². The van der Waals surface area contributed by atoms with Gasteiger partial charge < -0.3 is 30.5 Å². The maximum absolute atomic E-state index is 12.6. The summed E-state index contributed by atoms with van der Waals surface area (Å²) < 4.78 is 12.7. The summed E-state index contributed by atoms with van der Waals surface area (Å²) in [5.41, 5.74) is 6.50. The number of carbonyl (C=O) groups excluding carboxylic acids is 1. The van der Waals surface area contributed by atoms with Crippen molar-refractivity contribution in [3.63, 3.8) is 0 Å². The number of carboxylic acids is 1. The first kappa shape index (κ1) is 21.5. The third-order valence-corrected chi connectivity index (χ3v) is 5.45. The van der Waals surface area contributed by atoms with E-state index in [0.717, 1.165) is 0 Å². The number of phenols is 1. The number of aromatic nitrogens is 4. The molecule has 2 aromatic heterocycles. The second-order valence-corrected chi connectivity index (χ2v) is 7.51. The summed E-state index contributed by atoms with van der Waals surface area (Å²) >= 11 is 0. The third kappa shape index (κ3) is 3.59. The van der Waals surface area contributed by atoms with Gasteiger partial charge in [-0.25, -0.2) is 24.5 Å². The molecule has 168 valence electrons. The highest BCUT2D eigenvalue weighted by Gasteiger charge is 2.37. The fourth-order valence-corrected chi connectivity index (χ4v) is 3.76. The summed E-state index contributed by atoms with van der Waals surface area (Å²) in [4.78, 5) is 36.4. The van der Waals surface area contributed by atoms with Crippen LogP contribution in [0, 0.1) is 13.8 Å². The first-order valence-electron chi connectivity index (χ1n) is 9.69. The molecule has 12 nitrogen and oxygen atoms in total. The van der Waals surface area contributed by atoms with E-state index in [0.29, 0.717) is 16.7 Å². The van der Waals surface area contributed by atoms with E-state index in [9.17, 15) is 24.9 Å². The third-order valence-electron chi connectivity index (χ3n) is 5.45. The Morgan fingerprint density at radius 3 is 2.78 bits per heavy atom. The van der Waals surface area contributed by atoms with E-state index >= 15 is 0 Å². The summed E-state index contributed by atoms with van der Waals surface area (Å²) in [6.45, 7) is 2.64. The number of carboxylic acid groups (broad SMARTS) is 1. The van der Waals surface area contributed by atoms with Gasteiger partial charge in [-0.1, -0.05) is 0 Å². The van der Waals surface area contributed by atoms with Gasteiger partial charge in [0.1, 0.15) is 36.5 Å². The number of nitrogens with two attached hydrogens (primary N) is 1. The number of aromatic carboxylic acids is 1. The quantitative estimate of drug-likeness (QED) is 0.411. The molecule has 3 heterocycles. The lowest BCUT2D eigenvalue weighted by atomic mass is 9.97. The molecular formula is C20H21N5O7. The van der Waals surface area contributed by atoms with Crippen LogP contribution in [-0.4, -0.2) is 65.6 Å². The van der Waals surface area contributed by atoms with Crippen LogP contribution in [0.1, 0.15) is 44.5 Å². The average Bonchev–Trinajstić information content (AvgIpc) is 3.33. The minimum absolute atomic E-state index is 0.0647. The van der Waals surface area contributed by atoms with Crippen LogP contribution in [0.15, 0.2) is 18.7 Å². The van der Waals surface area contributed by atoms with E-state index in [4.69, 9.17) is 15.2 Å². The summed E-state index contributed by atoms with van der Waals surface area (Å²) in [6, 6.07) is 1.25. The molecule has 1 saturated heterocycles. The predicted molar refractivity (Wildman–Crippen MR) is 109 cm³/mol. The standard InChI is InChI=1S/C20H21N5O7/c1-8-3-10(14(19(28)29)9(2)16(8)27)20(30)31-5-12-11(26)4-13(32-12)25-7-24-15-17(21)22-6-23-18(15)25/h3,6-7,11-13,26-27H,4-5H2,1-2H3,(H,28,29)(H2,21,22,23)/t11-,12+,13+/m0/s1. The van der Waals surface area contributed by atoms with Gasteiger partial charge in [-0.2, -0.15) is 0 Å². The molecule has 1 aliphatic rings. The first-order valence-corrected chi connectivity index (χ1v) is 9.69. The molecule has 1 aliphatic heterocycles. The highest BCUT2D eigenvalue weighted by molar-refractivity contribution is 6.04. The number of benzene rings is 1. The highest BCUT2D eigenvalue weighted by atomic mass is 16.6. The van der Waals surface area contributed by atoms with Gasteiger partial charge in [0.25, 0.3) is 0 Å². The van der Waals surface area contributed by atoms with E-state index in [-0.39, 0.29) is 41.3 Å². The molecule has 0 bridgehead atoms. The molecule has 0 amide bonds. The lowest BCUT2D eigenvalue weighted by Crippen LogP contribution is -2.28. The van der Waals surface area contributed by atoms with Crippen molar-refractivity contribution < 1.29 is 34.4 Å². The summed E-state index contributed by atoms with van der Waals surface area (Å²) in [5.74, 6) is -2.25. The number of hydrogen-bond donors (Lipinski definition) is 4. The number of aliphatic hydroxyl groups is 1. The largest absolute Gasteiger partial charge is 0.507 e. The maximum Gasteiger partial charge on any atom is 0.339 e. The van der Waals surface area contributed by atoms with Gasteiger partial charge in [0, 0.05) is 12.0 Å². The summed E-state index contributed by atoms with van der Waals surface area (Å²) in [7, 11) is 0. The van der Waals surface area contributed by atoms with Gasteiger partial charge in [-0.15, -0.1) is 0 Å². The van der Waals surface area contributed by atoms with Crippen molar-refractivity contribution in [2.24, 2.45) is 0 Å². The molecule has 1 aromatic carbocycles. The monoisotopic (exact) mass is 443 g/mol. The van der Waals surface area contributed by atoms with Crippen LogP contribution in [0.5, 0.6) is 5.75 Å². The number of aryl methyl sites for hydroxylation is 1. The molecule has 0 unspecified atom stereocenters. The number of aliphatic hydroxyl groups excluding tert-OH is 1. The van der Waals surface area contributed by atoms with Gasteiger partial charge in [0.2, 0.25) is 0 Å². The number of hydrogen-bond acceptors (Lipinski definition) is 10. The number of esters is 1. The van der Waals surface area contributed by atoms with Crippen LogP contribution in [0.3, 0.4) is 0 Å². The molecule has 4 rings (SSSR count). The van der Waals surface area contributed by atoms with Crippen molar-refractivity contribution in [2.45, 2.75) is 38.7 Å². The van der Waals surface area contributed by atoms with E-state index in [2.05, 4.69) is 15.0 Å². The molecule has 32 heavy (non-hydrogen) atoms. The van der Waals surface area contributed by atoms with Crippen LogP contribution >= 0.6 is 0 Å². The first-order chi connectivity index (χ1) is 15.2. The summed E-state index contributed by atoms with van der Waals surface area (Å²) in [5, 5.41) is 29.9. The van der Waals surface area contributed by atoms with Gasteiger partial charge in [0.05, 0.1) is 23.6 Å². The molecule has 0 radical (unpaired) electrons. The van der Waals surface area contributed by atoms with Gasteiger partial charge in [0.15, 0.2) is 11.5 Å². The Balaban J connectivity index is 1.50. The van der Waals surface area contributed by atoms with Crippen LogP contribution in [0.4, 0.5) is 5.82 Å². The maximum atomic E-state index is 12.6. The highest BCUT2D eigenvalue weighted by Crippen LogP contribution is 2.32. The Morgan fingerprint density at radius 1 is 1.31 bits per heavy atom. The van der Waals surface area contributed by atoms with E-state index in [1.54, 1.807) is 11.5 Å². The lowest BCUT2D eigenvalue weighted by molar-refractivity contribution is -0.0509. The number of nitrogen functional groups attached to an aromatic ring is 1. The second-order valence-electron chi connectivity index (χ2n) is 7.51. The second kappa shape index (κ2) is 8.05. The van der Waals surface area contributed by atoms with Crippen LogP contribution in [-0.2, 0) is 9.47 Å². The van der Waals surface area contributed by atoms with Crippen molar-refractivity contribution in [1.82, 2.24) is 19.5 Å². The molecule has 0 saturated carbocycles. The lowest BCUT2D eigenvalue weighted by Gasteiger charge is -2.17. The number of anilines is 1. The number of nitrogens with zero attached hydrogens (tertiary/aromatic N) is 4. The molecular weight excluding hydrogens is 422 g/mol. The normalized spacial score (nSPS) is 20.5. The van der Waals surface area contributed by atoms with Crippen LogP contribution < -0.4 is 5.73 Å². The average molecular weight is 443 g/mol. The van der Waals surface area contributed by atoms with Crippen molar-refractivity contribution in [3.05, 3.63) is 41.0 Å². The molecule has 5 N–H and O–H groups in total. The zero-order chi connectivity index (χ0) is 23.2. The number of phenolic OH excluding ortho intramolecular Hbond substituents is 1. The molecule has 0 aliphatic carbocycles. The molecule has 0 spiro atoms. The van der Waals surface area contributed by atoms with E-state index in [1.807, 2.05) is 0 Å². The number of fused-ring (bicyclic) bond motifs is 1. The fourth-order valence-electron chi connectivity index (χ4n) is 3.76. The van der Waals surface area contributed by atoms with E-state index in [1.165, 1.54) is 25.6 Å². The topological polar surface area (TPSA) is 183 Å². The minimum atomic E-state index is -1.37. The van der Waals surface area contributed by atoms with Crippen LogP contribution in [0.2, 0.25) is 0 Å². The van der Waals surface area contributed by atoms with E-state index < -0.39 is 30.4 Å². The van der Waals surface area contributed by atoms with Gasteiger partial charge in [-0.3, -0.25) is 4.57 Å². The Labute approximate surface area is 181 Å². The van der Waals surface area contributed by atoms with Crippen molar-refractivity contribution in [1.29, 1.82) is 0 Å². The van der Waals surface area contributed by atoms with Gasteiger partial charge in [-0.05, 0) is 25.5 Å². The number of aromatic hydroxyl groups is 1. The Bertz CT molecular complexity index is 1220. The van der Waals surface area contributed by atoms with Crippen molar-refractivity contribution in [2.75, 3.05) is 12.3 Å². The Hall–Kier alpha value is -3.77. The van der Waals surface area contributed by atoms with Crippen LogP contribution in [0.25, 0.3) is 11.2 Å². The molecule has 1 fully saturated rings. The predicted octanol–water partition coefficient (Wildman–Crippen LogP) is 0.935. The number of carbonyl (C=O) groups is 2. The van der Waals surface area contributed by atoms with Crippen molar-refractivity contribution in [3.8, 4) is 5.75 Å². The Kier molecular flexibility index (Phi) is 5.40. The number of ether oxygens (including phenoxy) is 2. The molecule has 3 atom stereocenters. The molecule has 12 heteroatoms. The number of rotatable bonds is 5. The zero-order valence-electron chi connectivity index (χ0n) is 17.2. The fraction of sp³-hybridized carbons (Fsp3) is 0.350. The Morgan fingerprint density at radius 2 is 2.06 bits per heavy atom. The smallest absolute Gasteiger partial charge is 0.339 e.